The first-order valence-corrected chi connectivity index (χ1v) is 19.9. The van der Waals surface area contributed by atoms with Gasteiger partial charge in [0.1, 0.15) is 17.1 Å². The second-order valence-corrected chi connectivity index (χ2v) is 16.7. The molecule has 1 amide bonds. The van der Waals surface area contributed by atoms with Gasteiger partial charge in [0.2, 0.25) is 5.41 Å². The number of nitrogens with one attached hydrogen (secondary N) is 2. The molecule has 20 heteroatoms. The zero-order chi connectivity index (χ0) is 48.5. The molecule has 0 heterocycles. The van der Waals surface area contributed by atoms with Gasteiger partial charge in [0, 0.05) is 23.1 Å². The summed E-state index contributed by atoms with van der Waals surface area (Å²) in [4.78, 5) is 26.6. The molecule has 2 aliphatic rings. The molecule has 0 bridgehead atoms. The number of aromatic hydroxyl groups is 2. The molecule has 350 valence electrons. The molecule has 2 saturated carbocycles. The molecule has 0 aromatic heterocycles. The molecule has 65 heavy (non-hydrogen) atoms. The van der Waals surface area contributed by atoms with Crippen LogP contribution in [0.2, 0.25) is 0 Å². The van der Waals surface area contributed by atoms with E-state index in [4.69, 9.17) is 0 Å². The quantitative estimate of drug-likeness (QED) is 0.0313. The number of alkyl halides is 6. The maximum absolute atomic E-state index is 15.6. The second-order valence-electron chi connectivity index (χ2n) is 16.7. The number of phenolic OH excluding ortho intramolecular Hbond substituents is 2. The summed E-state index contributed by atoms with van der Waals surface area (Å²) < 4.78 is 216. The molecule has 0 aliphatic heterocycles. The van der Waals surface area contributed by atoms with Crippen molar-refractivity contribution in [1.29, 1.82) is 0 Å². The molecule has 4 aromatic carbocycles. The van der Waals surface area contributed by atoms with E-state index in [2.05, 4.69) is 11.9 Å². The van der Waals surface area contributed by atoms with Gasteiger partial charge >= 0.3 is 12.4 Å². The number of hydrogen-bond donors (Lipinski definition) is 4. The number of carbonyl (C=O) groups is 2. The minimum Gasteiger partial charge on any atom is -0.508 e. The van der Waals surface area contributed by atoms with Gasteiger partial charge in [0.05, 0.1) is 22.4 Å². The number of ketones is 1. The van der Waals surface area contributed by atoms with Crippen molar-refractivity contribution in [2.24, 2.45) is 17.3 Å². The van der Waals surface area contributed by atoms with Crippen LogP contribution in [0.4, 0.5) is 67.2 Å². The third kappa shape index (κ3) is 8.09. The predicted octanol–water partition coefficient (Wildman–Crippen LogP) is 12.4. The maximum Gasteiger partial charge on any atom is 0.411 e. The fraction of sp³-hybridized carbons (Fsp3) is 0.378. The number of anilines is 1. The van der Waals surface area contributed by atoms with E-state index in [1.807, 2.05) is 0 Å². The number of carbonyl (C=O) groups excluding carboxylic acids is 2. The molecule has 0 saturated heterocycles. The SMILES string of the molecule is C=CC(C)(NCc1cc(C(c2ccc(O)c(NC(=O)c3c(F)c(F)c(-c4c(F)c(F)c(C(=O)C(C)(CCC)C5CC5)c(F)c4F)c(F)c3F)c2)(C(F)(F)F)C(F)(F)F)ccc1O)C1CC1. The normalized spacial score (nSPS) is 16.5. The Labute approximate surface area is 361 Å². The van der Waals surface area contributed by atoms with E-state index in [-0.39, 0.29) is 37.0 Å². The maximum atomic E-state index is 15.6. The summed E-state index contributed by atoms with van der Waals surface area (Å²) in [5, 5.41) is 25.3. The number of phenols is 2. The van der Waals surface area contributed by atoms with E-state index in [0.717, 1.165) is 12.8 Å². The Kier molecular flexibility index (Phi) is 12.7. The van der Waals surface area contributed by atoms with Crippen molar-refractivity contribution < 1.29 is 81.3 Å². The lowest BCUT2D eigenvalue weighted by Gasteiger charge is -2.39. The Morgan fingerprint density at radius 2 is 1.12 bits per heavy atom. The predicted molar refractivity (Wildman–Crippen MR) is 207 cm³/mol. The van der Waals surface area contributed by atoms with E-state index < -0.39 is 156 Å². The van der Waals surface area contributed by atoms with Gasteiger partial charge in [-0.15, -0.1) is 6.58 Å². The van der Waals surface area contributed by atoms with E-state index in [1.54, 1.807) is 13.8 Å². The van der Waals surface area contributed by atoms with Crippen molar-refractivity contribution in [3.8, 4) is 22.6 Å². The van der Waals surface area contributed by atoms with Crippen LogP contribution in [0, 0.1) is 63.8 Å². The standard InChI is InChI=1S/C45H38F14N2O4/c1-5-15-41(3,20-7-8-20)39(64)29-35(50)31(46)27(32(47)36(29)51)28-33(48)37(52)30(38(53)34(28)49)40(65)61-24-17-23(12-14-26(24)63)43(44(54,55)56,45(57,58)59)22-11-13-25(62)19(16-22)18-60-42(4,6-2)21-9-10-21/h6,11-14,16-17,20-21,60,62-63H,2,5,7-10,15,18H2,1,3-4H3,(H,61,65). The Morgan fingerprint density at radius 1 is 0.677 bits per heavy atom. The van der Waals surface area contributed by atoms with Crippen molar-refractivity contribution in [2.75, 3.05) is 5.32 Å². The van der Waals surface area contributed by atoms with Gasteiger partial charge < -0.3 is 20.8 Å². The average molecular weight is 937 g/mol. The summed E-state index contributed by atoms with van der Waals surface area (Å²) in [5.41, 5.74) is -21.6. The highest BCUT2D eigenvalue weighted by Gasteiger charge is 2.72. The Balaban J connectivity index is 1.42. The summed E-state index contributed by atoms with van der Waals surface area (Å²) in [7, 11) is 0. The average Bonchev–Trinajstić information content (AvgIpc) is 4.15. The highest BCUT2D eigenvalue weighted by Crippen LogP contribution is 2.58. The van der Waals surface area contributed by atoms with E-state index in [9.17, 15) is 19.8 Å². The molecule has 0 spiro atoms. The number of hydrogen-bond acceptors (Lipinski definition) is 5. The van der Waals surface area contributed by atoms with E-state index >= 15 is 61.5 Å². The minimum atomic E-state index is -6.32. The smallest absolute Gasteiger partial charge is 0.411 e. The highest BCUT2D eigenvalue weighted by atomic mass is 19.4. The van der Waals surface area contributed by atoms with Gasteiger partial charge in [0.25, 0.3) is 5.91 Å². The summed E-state index contributed by atoms with van der Waals surface area (Å²) in [6.45, 7) is 7.83. The monoisotopic (exact) mass is 936 g/mol. The molecule has 2 aliphatic carbocycles. The van der Waals surface area contributed by atoms with Gasteiger partial charge in [-0.3, -0.25) is 9.59 Å². The second kappa shape index (κ2) is 17.0. The largest absolute Gasteiger partial charge is 0.508 e. The van der Waals surface area contributed by atoms with Gasteiger partial charge in [-0.2, -0.15) is 26.3 Å². The van der Waals surface area contributed by atoms with Crippen LogP contribution in [0.25, 0.3) is 11.1 Å². The molecule has 4 N–H and O–H groups in total. The number of Topliss-reactive ketones (excluding diaryl/α,β-unsaturated/α-hetero) is 1. The topological polar surface area (TPSA) is 98.7 Å². The van der Waals surface area contributed by atoms with Crippen molar-refractivity contribution in [1.82, 2.24) is 5.32 Å². The lowest BCUT2D eigenvalue weighted by Crippen LogP contribution is -2.54. The van der Waals surface area contributed by atoms with Crippen LogP contribution in [0.1, 0.15) is 96.7 Å². The van der Waals surface area contributed by atoms with Crippen LogP contribution in [0.15, 0.2) is 49.1 Å². The molecule has 0 radical (unpaired) electrons. The number of rotatable bonds is 15. The van der Waals surface area contributed by atoms with Gasteiger partial charge in [-0.05, 0) is 86.3 Å². The summed E-state index contributed by atoms with van der Waals surface area (Å²) in [6, 6.07) is 1.53. The lowest BCUT2D eigenvalue weighted by molar-refractivity contribution is -0.288. The zero-order valence-electron chi connectivity index (χ0n) is 34.4. The van der Waals surface area contributed by atoms with Crippen LogP contribution < -0.4 is 10.6 Å². The van der Waals surface area contributed by atoms with Crippen molar-refractivity contribution in [3.05, 3.63) is 123 Å². The van der Waals surface area contributed by atoms with Crippen molar-refractivity contribution in [2.45, 2.75) is 89.1 Å². The van der Waals surface area contributed by atoms with Crippen molar-refractivity contribution >= 4 is 17.4 Å². The van der Waals surface area contributed by atoms with E-state index in [1.165, 1.54) is 18.3 Å². The fourth-order valence-corrected chi connectivity index (χ4v) is 8.48. The molecular weight excluding hydrogens is 898 g/mol. The Hall–Kier alpha value is -5.66. The molecular formula is C45H38F14N2O4. The first-order valence-electron chi connectivity index (χ1n) is 19.9. The van der Waals surface area contributed by atoms with Crippen LogP contribution >= 0.6 is 0 Å². The number of halogens is 14. The lowest BCUT2D eigenvalue weighted by atomic mass is 9.72. The first kappa shape index (κ1) is 48.8. The summed E-state index contributed by atoms with van der Waals surface area (Å²) in [5.74, 6) is -28.0. The number of benzene rings is 4. The molecule has 2 atom stereocenters. The molecule has 2 unspecified atom stereocenters. The number of amides is 1. The fourth-order valence-electron chi connectivity index (χ4n) is 8.48. The van der Waals surface area contributed by atoms with Crippen LogP contribution in [0.5, 0.6) is 11.5 Å². The minimum absolute atomic E-state index is 0.00491. The molecule has 2 fully saturated rings. The molecule has 4 aromatic rings. The zero-order valence-corrected chi connectivity index (χ0v) is 34.4. The van der Waals surface area contributed by atoms with Gasteiger partial charge in [0.15, 0.2) is 52.3 Å². The summed E-state index contributed by atoms with van der Waals surface area (Å²) in [6.07, 6.45) is -8.55. The third-order valence-corrected chi connectivity index (χ3v) is 12.5. The molecule has 6 rings (SSSR count). The van der Waals surface area contributed by atoms with Crippen molar-refractivity contribution in [3.63, 3.8) is 0 Å². The Bertz CT molecular complexity index is 2530. The van der Waals surface area contributed by atoms with Crippen LogP contribution in [0.3, 0.4) is 0 Å². The van der Waals surface area contributed by atoms with E-state index in [0.29, 0.717) is 31.0 Å². The van der Waals surface area contributed by atoms with Gasteiger partial charge in [-0.1, -0.05) is 38.5 Å². The van der Waals surface area contributed by atoms with Gasteiger partial charge in [-0.25, -0.2) is 35.1 Å². The highest BCUT2D eigenvalue weighted by molar-refractivity contribution is 6.06. The summed E-state index contributed by atoms with van der Waals surface area (Å²) >= 11 is 0. The third-order valence-electron chi connectivity index (χ3n) is 12.5. The first-order chi connectivity index (χ1) is 30.1. The van der Waals surface area contributed by atoms with Crippen LogP contribution in [-0.4, -0.2) is 39.8 Å². The molecule has 6 nitrogen and oxygen atoms in total. The van der Waals surface area contributed by atoms with Crippen LogP contribution in [-0.2, 0) is 12.0 Å². The Morgan fingerprint density at radius 3 is 1.55 bits per heavy atom.